The van der Waals surface area contributed by atoms with Gasteiger partial charge < -0.3 is 14.4 Å². The maximum Gasteiger partial charge on any atom is 0.248 e. The highest BCUT2D eigenvalue weighted by Gasteiger charge is 2.46. The Labute approximate surface area is 216 Å². The minimum Gasteiger partial charge on any atom is -0.496 e. The minimum atomic E-state index is -0.844. The lowest BCUT2D eigenvalue weighted by molar-refractivity contribution is -0.137. The fourth-order valence-electron chi connectivity index (χ4n) is 6.02. The van der Waals surface area contributed by atoms with Gasteiger partial charge in [-0.15, -0.1) is 0 Å². The molecule has 3 atom stereocenters. The molecule has 1 amide bonds. The number of carbonyl (C=O) groups is 1. The molecule has 0 N–H and O–H groups in total. The highest BCUT2D eigenvalue weighted by molar-refractivity contribution is 5.77. The molecule has 194 valence electrons. The fourth-order valence-corrected chi connectivity index (χ4v) is 6.02. The van der Waals surface area contributed by atoms with Crippen molar-refractivity contribution in [1.29, 1.82) is 0 Å². The number of hydrogen-bond donors (Lipinski definition) is 0. The van der Waals surface area contributed by atoms with Crippen LogP contribution in [0, 0.1) is 17.6 Å². The Balaban J connectivity index is 1.42. The maximum atomic E-state index is 14.2. The smallest absolute Gasteiger partial charge is 0.248 e. The number of para-hydroxylation sites is 1. The summed E-state index contributed by atoms with van der Waals surface area (Å²) in [6.45, 7) is 2.73. The molecule has 3 aromatic rings. The molecule has 2 saturated heterocycles. The van der Waals surface area contributed by atoms with Crippen molar-refractivity contribution in [3.8, 4) is 16.9 Å². The van der Waals surface area contributed by atoms with Gasteiger partial charge in [0.2, 0.25) is 5.91 Å². The van der Waals surface area contributed by atoms with E-state index in [1.54, 1.807) is 13.2 Å². The van der Waals surface area contributed by atoms with E-state index in [4.69, 9.17) is 9.47 Å². The molecule has 0 radical (unpaired) electrons. The van der Waals surface area contributed by atoms with Crippen LogP contribution in [0.2, 0.25) is 0 Å². The topological polar surface area (TPSA) is 42.0 Å². The third kappa shape index (κ3) is 5.24. The first-order valence-corrected chi connectivity index (χ1v) is 12.7. The van der Waals surface area contributed by atoms with E-state index in [0.29, 0.717) is 19.6 Å². The van der Waals surface area contributed by atoms with Gasteiger partial charge in [0.25, 0.3) is 0 Å². The Morgan fingerprint density at radius 3 is 2.59 bits per heavy atom. The summed E-state index contributed by atoms with van der Waals surface area (Å²) in [5.74, 6) is -0.767. The number of methoxy groups -OCH3 is 2. The van der Waals surface area contributed by atoms with Crippen molar-refractivity contribution in [2.45, 2.75) is 24.9 Å². The Bertz CT molecular complexity index is 1270. The molecule has 0 saturated carbocycles. The lowest BCUT2D eigenvalue weighted by Gasteiger charge is -2.39. The SMILES string of the molecule is COCC(=O)N1CC[C@@H]2[C@H](C1)[C@@H](c1ccc(F)c(F)c1)CN2Cc1cccc(-c2ccccc2OC)c1. The Morgan fingerprint density at radius 1 is 0.973 bits per heavy atom. The highest BCUT2D eigenvalue weighted by atomic mass is 19.2. The molecule has 2 aliphatic heterocycles. The van der Waals surface area contributed by atoms with E-state index >= 15 is 0 Å². The summed E-state index contributed by atoms with van der Waals surface area (Å²) in [5.41, 5.74) is 4.07. The van der Waals surface area contributed by atoms with Crippen LogP contribution in [0.25, 0.3) is 11.1 Å². The molecule has 0 unspecified atom stereocenters. The monoisotopic (exact) mass is 506 g/mol. The normalized spacial score (nSPS) is 21.6. The highest BCUT2D eigenvalue weighted by Crippen LogP contribution is 2.42. The number of rotatable bonds is 7. The largest absolute Gasteiger partial charge is 0.496 e. The maximum absolute atomic E-state index is 14.2. The number of nitrogens with zero attached hydrogens (tertiary/aromatic N) is 2. The fraction of sp³-hybridized carbons (Fsp3) is 0.367. The molecule has 2 aliphatic rings. The van der Waals surface area contributed by atoms with E-state index in [2.05, 4.69) is 35.2 Å². The van der Waals surface area contributed by atoms with Crippen molar-refractivity contribution in [3.63, 3.8) is 0 Å². The zero-order chi connectivity index (χ0) is 25.9. The van der Waals surface area contributed by atoms with E-state index in [1.165, 1.54) is 24.8 Å². The summed E-state index contributed by atoms with van der Waals surface area (Å²) >= 11 is 0. The quantitative estimate of drug-likeness (QED) is 0.447. The number of ether oxygens (including phenoxy) is 2. The Kier molecular flexibility index (Phi) is 7.53. The summed E-state index contributed by atoms with van der Waals surface area (Å²) in [7, 11) is 3.19. The number of fused-ring (bicyclic) bond motifs is 1. The predicted octanol–water partition coefficient (Wildman–Crippen LogP) is 5.10. The Hall–Kier alpha value is -3.29. The molecule has 2 fully saturated rings. The van der Waals surface area contributed by atoms with Crippen molar-refractivity contribution >= 4 is 5.91 Å². The number of halogens is 2. The predicted molar refractivity (Wildman–Crippen MR) is 138 cm³/mol. The number of benzene rings is 3. The summed E-state index contributed by atoms with van der Waals surface area (Å²) in [6, 6.07) is 20.9. The van der Waals surface area contributed by atoms with Gasteiger partial charge in [-0.1, -0.05) is 42.5 Å². The molecule has 3 aromatic carbocycles. The second-order valence-electron chi connectivity index (χ2n) is 9.90. The van der Waals surface area contributed by atoms with Gasteiger partial charge in [-0.25, -0.2) is 8.78 Å². The second-order valence-corrected chi connectivity index (χ2v) is 9.90. The van der Waals surface area contributed by atoms with E-state index in [-0.39, 0.29) is 30.4 Å². The number of hydrogen-bond acceptors (Lipinski definition) is 4. The van der Waals surface area contributed by atoms with Crippen LogP contribution >= 0.6 is 0 Å². The summed E-state index contributed by atoms with van der Waals surface area (Å²) < 4.78 is 38.5. The minimum absolute atomic E-state index is 0.00403. The van der Waals surface area contributed by atoms with Crippen molar-refractivity contribution in [1.82, 2.24) is 9.80 Å². The number of piperidine rings is 1. The average Bonchev–Trinajstić information content (AvgIpc) is 3.28. The molecular formula is C30H32F2N2O3. The average molecular weight is 507 g/mol. The lowest BCUT2D eigenvalue weighted by atomic mass is 9.81. The number of carbonyl (C=O) groups excluding carboxylic acids is 1. The summed E-state index contributed by atoms with van der Waals surface area (Å²) in [6.07, 6.45) is 0.826. The molecule has 0 spiro atoms. The molecule has 5 nitrogen and oxygen atoms in total. The van der Waals surface area contributed by atoms with Crippen LogP contribution in [0.3, 0.4) is 0 Å². The van der Waals surface area contributed by atoms with Crippen LogP contribution in [0.5, 0.6) is 5.75 Å². The zero-order valence-electron chi connectivity index (χ0n) is 21.2. The molecule has 0 aromatic heterocycles. The van der Waals surface area contributed by atoms with Crippen molar-refractivity contribution in [3.05, 3.63) is 89.5 Å². The van der Waals surface area contributed by atoms with Gasteiger partial charge in [-0.3, -0.25) is 9.69 Å². The molecule has 2 heterocycles. The second kappa shape index (κ2) is 11.0. The van der Waals surface area contributed by atoms with Crippen LogP contribution in [0.1, 0.15) is 23.5 Å². The molecule has 0 bridgehead atoms. The van der Waals surface area contributed by atoms with E-state index in [9.17, 15) is 13.6 Å². The van der Waals surface area contributed by atoms with Crippen molar-refractivity contribution < 1.29 is 23.0 Å². The first-order chi connectivity index (χ1) is 18.0. The first kappa shape index (κ1) is 25.4. The van der Waals surface area contributed by atoms with Crippen molar-refractivity contribution in [2.24, 2.45) is 5.92 Å². The van der Waals surface area contributed by atoms with Crippen molar-refractivity contribution in [2.75, 3.05) is 40.5 Å². The van der Waals surface area contributed by atoms with E-state index in [0.717, 1.165) is 35.4 Å². The van der Waals surface area contributed by atoms with E-state index in [1.807, 2.05) is 23.1 Å². The van der Waals surface area contributed by atoms with Crippen LogP contribution in [-0.4, -0.2) is 62.2 Å². The lowest BCUT2D eigenvalue weighted by Crippen LogP contribution is -2.49. The van der Waals surface area contributed by atoms with Gasteiger partial charge >= 0.3 is 0 Å². The Morgan fingerprint density at radius 2 is 1.81 bits per heavy atom. The standard InChI is InChI=1S/C30H32F2N2O3/c1-36-19-30(35)33-13-12-28-25(18-33)24(22-10-11-26(31)27(32)15-22)17-34(28)16-20-6-5-7-21(14-20)23-8-3-4-9-29(23)37-2/h3-11,14-15,24-25,28H,12-13,16-19H2,1-2H3/t24-,25-,28-/m1/s1. The number of likely N-dealkylation sites (tertiary alicyclic amines) is 2. The summed E-state index contributed by atoms with van der Waals surface area (Å²) in [4.78, 5) is 16.9. The molecule has 37 heavy (non-hydrogen) atoms. The van der Waals surface area contributed by atoms with Crippen LogP contribution < -0.4 is 4.74 Å². The van der Waals surface area contributed by atoms with Crippen LogP contribution in [-0.2, 0) is 16.1 Å². The molecular weight excluding hydrogens is 474 g/mol. The molecule has 5 rings (SSSR count). The molecule has 0 aliphatic carbocycles. The first-order valence-electron chi connectivity index (χ1n) is 12.7. The summed E-state index contributed by atoms with van der Waals surface area (Å²) in [5, 5.41) is 0. The van der Waals surface area contributed by atoms with Gasteiger partial charge in [0.1, 0.15) is 12.4 Å². The van der Waals surface area contributed by atoms with Gasteiger partial charge in [-0.2, -0.15) is 0 Å². The number of amides is 1. The van der Waals surface area contributed by atoms with Gasteiger partial charge in [-0.05, 0) is 47.4 Å². The zero-order valence-corrected chi connectivity index (χ0v) is 21.2. The van der Waals surface area contributed by atoms with Gasteiger partial charge in [0, 0.05) is 56.7 Å². The van der Waals surface area contributed by atoms with Crippen LogP contribution in [0.15, 0.2) is 66.7 Å². The van der Waals surface area contributed by atoms with Crippen LogP contribution in [0.4, 0.5) is 8.78 Å². The third-order valence-corrected chi connectivity index (χ3v) is 7.76. The van der Waals surface area contributed by atoms with Gasteiger partial charge in [0.05, 0.1) is 7.11 Å². The molecule has 7 heteroatoms. The third-order valence-electron chi connectivity index (χ3n) is 7.76. The van der Waals surface area contributed by atoms with E-state index < -0.39 is 11.6 Å². The van der Waals surface area contributed by atoms with Gasteiger partial charge in [0.15, 0.2) is 11.6 Å².